The van der Waals surface area contributed by atoms with E-state index >= 15 is 0 Å². The monoisotopic (exact) mass is 488 g/mol. The zero-order chi connectivity index (χ0) is 26.0. The second kappa shape index (κ2) is 9.94. The fraction of sp³-hybridized carbons (Fsp3) is 0.258. The van der Waals surface area contributed by atoms with Crippen LogP contribution in [-0.2, 0) is 5.41 Å². The number of piperidine rings is 1. The van der Waals surface area contributed by atoms with Crippen molar-refractivity contribution in [1.29, 1.82) is 5.26 Å². The summed E-state index contributed by atoms with van der Waals surface area (Å²) in [6.45, 7) is 9.64. The Balaban J connectivity index is 1.48. The molecule has 0 amide bonds. The lowest BCUT2D eigenvalue weighted by Gasteiger charge is -2.34. The van der Waals surface area contributed by atoms with Crippen LogP contribution in [0, 0.1) is 11.3 Å². The predicted octanol–water partition coefficient (Wildman–Crippen LogP) is 6.30. The molecule has 2 aromatic carbocycles. The van der Waals surface area contributed by atoms with Crippen LogP contribution in [0.1, 0.15) is 43.7 Å². The van der Waals surface area contributed by atoms with Crippen LogP contribution in [0.5, 0.6) is 0 Å². The normalized spacial score (nSPS) is 15.5. The Morgan fingerprint density at radius 1 is 1.19 bits per heavy atom. The van der Waals surface area contributed by atoms with Gasteiger partial charge in [-0.15, -0.1) is 0 Å². The number of likely N-dealkylation sites (tertiary alicyclic amines) is 1. The van der Waals surface area contributed by atoms with Gasteiger partial charge in [0, 0.05) is 35.1 Å². The molecule has 37 heavy (non-hydrogen) atoms. The number of nitrogens with one attached hydrogen (secondary N) is 1. The minimum atomic E-state index is -0.532. The molecule has 6 nitrogen and oxygen atoms in total. The van der Waals surface area contributed by atoms with Crippen LogP contribution in [0.2, 0.25) is 0 Å². The van der Waals surface area contributed by atoms with Crippen molar-refractivity contribution in [3.05, 3.63) is 96.5 Å². The van der Waals surface area contributed by atoms with Crippen LogP contribution < -0.4 is 5.73 Å². The zero-order valence-corrected chi connectivity index (χ0v) is 21.4. The summed E-state index contributed by atoms with van der Waals surface area (Å²) >= 11 is 0. The van der Waals surface area contributed by atoms with Crippen LogP contribution in [0.3, 0.4) is 0 Å². The number of fused-ring (bicyclic) bond motifs is 3. The van der Waals surface area contributed by atoms with Crippen molar-refractivity contribution in [1.82, 2.24) is 20.1 Å². The van der Waals surface area contributed by atoms with E-state index < -0.39 is 5.41 Å². The molecule has 6 heteroatoms. The highest BCUT2D eigenvalue weighted by Crippen LogP contribution is 2.36. The number of allylic oxidation sites excluding steroid dienone is 3. The molecule has 0 saturated carbocycles. The zero-order valence-electron chi connectivity index (χ0n) is 21.4. The van der Waals surface area contributed by atoms with Crippen LogP contribution >= 0.6 is 0 Å². The molecule has 0 spiro atoms. The fourth-order valence-corrected chi connectivity index (χ4v) is 5.25. The van der Waals surface area contributed by atoms with Gasteiger partial charge in [-0.3, -0.25) is 10.1 Å². The topological polar surface area (TPSA) is 94.6 Å². The number of aromatic nitrogens is 3. The van der Waals surface area contributed by atoms with Crippen molar-refractivity contribution in [2.24, 2.45) is 5.73 Å². The van der Waals surface area contributed by atoms with E-state index in [1.54, 1.807) is 6.20 Å². The maximum atomic E-state index is 9.49. The van der Waals surface area contributed by atoms with E-state index in [0.717, 1.165) is 70.3 Å². The van der Waals surface area contributed by atoms with Crippen molar-refractivity contribution in [3.8, 4) is 17.3 Å². The van der Waals surface area contributed by atoms with Gasteiger partial charge >= 0.3 is 0 Å². The van der Waals surface area contributed by atoms with Gasteiger partial charge in [-0.1, -0.05) is 43.0 Å². The number of hydrogen-bond acceptors (Lipinski definition) is 5. The third kappa shape index (κ3) is 4.61. The van der Waals surface area contributed by atoms with Gasteiger partial charge < -0.3 is 10.6 Å². The molecule has 0 aliphatic carbocycles. The number of nitriles is 1. The first-order valence-corrected chi connectivity index (χ1v) is 12.7. The van der Waals surface area contributed by atoms with Crippen molar-refractivity contribution in [2.45, 2.75) is 38.0 Å². The van der Waals surface area contributed by atoms with E-state index in [1.165, 1.54) is 5.56 Å². The summed E-state index contributed by atoms with van der Waals surface area (Å²) in [6.07, 6.45) is 11.3. The first-order chi connectivity index (χ1) is 17.9. The molecule has 4 aromatic rings. The second-order valence-corrected chi connectivity index (χ2v) is 10.2. The van der Waals surface area contributed by atoms with E-state index in [9.17, 15) is 5.26 Å². The second-order valence-electron chi connectivity index (χ2n) is 10.2. The summed E-state index contributed by atoms with van der Waals surface area (Å²) < 4.78 is 0. The number of nitrogens with zero attached hydrogens (tertiary/aromatic N) is 4. The molecular weight excluding hydrogens is 456 g/mol. The van der Waals surface area contributed by atoms with Crippen LogP contribution in [-0.4, -0.2) is 33.2 Å². The van der Waals surface area contributed by atoms with Crippen molar-refractivity contribution in [2.75, 3.05) is 13.1 Å². The Labute approximate surface area is 217 Å². The maximum Gasteiger partial charge on any atom is 0.101 e. The Morgan fingerprint density at radius 2 is 1.95 bits per heavy atom. The summed E-state index contributed by atoms with van der Waals surface area (Å²) in [5.41, 5.74) is 12.4. The third-order valence-corrected chi connectivity index (χ3v) is 7.46. The van der Waals surface area contributed by atoms with Gasteiger partial charge in [-0.25, -0.2) is 0 Å². The minimum absolute atomic E-state index is 0.477. The number of benzene rings is 2. The average Bonchev–Trinajstić information content (AvgIpc) is 3.38. The minimum Gasteiger partial charge on any atom is -0.405 e. The molecule has 3 heterocycles. The van der Waals surface area contributed by atoms with Gasteiger partial charge in [0.1, 0.15) is 5.69 Å². The Morgan fingerprint density at radius 3 is 2.62 bits per heavy atom. The quantitative estimate of drug-likeness (QED) is 0.311. The molecule has 0 bridgehead atoms. The van der Waals surface area contributed by atoms with Crippen LogP contribution in [0.4, 0.5) is 0 Å². The van der Waals surface area contributed by atoms with Crippen LogP contribution in [0.15, 0.2) is 85.4 Å². The Kier molecular flexibility index (Phi) is 6.54. The number of nitrogens with two attached hydrogens (primary N) is 1. The SMILES string of the molecule is C=C/C=C(\C=C/N)N1CCC(c2ccc3ncc4[nH]nc(-c5ccc(C(C)(C)C#N)cc5)c4c3c2)CC1. The number of rotatable bonds is 6. The maximum absolute atomic E-state index is 9.49. The molecule has 3 N–H and O–H groups in total. The standard InChI is InChI=1S/C31H32N6/c1-4-5-25(12-15-32)37-16-13-21(14-17-37)23-8-11-27-26(18-23)29-28(19-34-27)35-36-30(29)22-6-9-24(10-7-22)31(2,3)20-33/h4-12,15,18-19,21H,1,13-14,16-17,32H2,2-3H3,(H,35,36)/b15-12-,25-5+. The lowest BCUT2D eigenvalue weighted by molar-refractivity contribution is 0.270. The molecule has 1 fully saturated rings. The van der Waals surface area contributed by atoms with E-state index in [4.69, 9.17) is 5.73 Å². The molecular formula is C31H32N6. The van der Waals surface area contributed by atoms with Gasteiger partial charge in [-0.05, 0) is 74.2 Å². The smallest absolute Gasteiger partial charge is 0.101 e. The summed E-state index contributed by atoms with van der Waals surface area (Å²) in [5, 5.41) is 19.5. The van der Waals surface area contributed by atoms with Gasteiger partial charge in [0.2, 0.25) is 0 Å². The number of pyridine rings is 1. The van der Waals surface area contributed by atoms with E-state index in [-0.39, 0.29) is 0 Å². The summed E-state index contributed by atoms with van der Waals surface area (Å²) in [5.74, 6) is 0.477. The first-order valence-electron chi connectivity index (χ1n) is 12.7. The Bertz CT molecular complexity index is 1540. The molecule has 1 saturated heterocycles. The van der Waals surface area contributed by atoms with Gasteiger partial charge in [-0.2, -0.15) is 10.4 Å². The van der Waals surface area contributed by atoms with Crippen LogP contribution in [0.25, 0.3) is 33.1 Å². The average molecular weight is 489 g/mol. The lowest BCUT2D eigenvalue weighted by Crippen LogP contribution is -2.31. The molecule has 2 aromatic heterocycles. The first kappa shape index (κ1) is 24.3. The number of H-pyrrole nitrogens is 1. The molecule has 1 aliphatic rings. The third-order valence-electron chi connectivity index (χ3n) is 7.46. The van der Waals surface area contributed by atoms with Crippen molar-refractivity contribution >= 4 is 21.8 Å². The number of aromatic amines is 1. The highest BCUT2D eigenvalue weighted by molar-refractivity contribution is 6.11. The van der Waals surface area contributed by atoms with E-state index in [1.807, 2.05) is 50.4 Å². The predicted molar refractivity (Wildman–Crippen MR) is 151 cm³/mol. The summed E-state index contributed by atoms with van der Waals surface area (Å²) in [4.78, 5) is 7.05. The van der Waals surface area contributed by atoms with Gasteiger partial charge in [0.25, 0.3) is 0 Å². The highest BCUT2D eigenvalue weighted by atomic mass is 15.1. The molecule has 186 valence electrons. The Hall–Kier alpha value is -4.37. The van der Waals surface area contributed by atoms with E-state index in [2.05, 4.69) is 63.1 Å². The van der Waals surface area contributed by atoms with Crippen molar-refractivity contribution < 1.29 is 0 Å². The number of hydrogen-bond donors (Lipinski definition) is 2. The van der Waals surface area contributed by atoms with Crippen molar-refractivity contribution in [3.63, 3.8) is 0 Å². The molecule has 0 radical (unpaired) electrons. The van der Waals surface area contributed by atoms with Gasteiger partial charge in [0.15, 0.2) is 0 Å². The summed E-state index contributed by atoms with van der Waals surface area (Å²) in [6, 6.07) is 17.2. The lowest BCUT2D eigenvalue weighted by atomic mass is 9.85. The van der Waals surface area contributed by atoms with E-state index in [0.29, 0.717) is 5.92 Å². The molecule has 1 aliphatic heterocycles. The molecule has 5 rings (SSSR count). The molecule has 0 atom stereocenters. The van der Waals surface area contributed by atoms with Gasteiger partial charge in [0.05, 0.1) is 28.7 Å². The fourth-order valence-electron chi connectivity index (χ4n) is 5.25. The molecule has 0 unspecified atom stereocenters. The largest absolute Gasteiger partial charge is 0.405 e. The summed E-state index contributed by atoms with van der Waals surface area (Å²) in [7, 11) is 0. The highest BCUT2D eigenvalue weighted by Gasteiger charge is 2.23.